The van der Waals surface area contributed by atoms with Gasteiger partial charge in [0.25, 0.3) is 0 Å². The van der Waals surface area contributed by atoms with Gasteiger partial charge in [-0.05, 0) is 78.1 Å². The summed E-state index contributed by atoms with van der Waals surface area (Å²) in [6.45, 7) is 9.96. The summed E-state index contributed by atoms with van der Waals surface area (Å²) in [4.78, 5) is 26.0. The van der Waals surface area contributed by atoms with E-state index in [9.17, 15) is 19.8 Å². The van der Waals surface area contributed by atoms with Crippen LogP contribution in [0.2, 0.25) is 0 Å². The van der Waals surface area contributed by atoms with Crippen LogP contribution in [0.1, 0.15) is 86.0 Å². The zero-order valence-corrected chi connectivity index (χ0v) is 21.1. The number of aliphatic hydroxyl groups excluding tert-OH is 1. The molecule has 4 fully saturated rings. The van der Waals surface area contributed by atoms with Crippen molar-refractivity contribution < 1.29 is 29.3 Å². The van der Waals surface area contributed by atoms with Gasteiger partial charge in [0, 0.05) is 23.8 Å². The molecule has 3 saturated carbocycles. The van der Waals surface area contributed by atoms with Gasteiger partial charge < -0.3 is 19.7 Å². The summed E-state index contributed by atoms with van der Waals surface area (Å²) in [6.07, 6.45) is 6.19. The number of aliphatic hydroxyl groups is 2. The standard InChI is InChI=1S/C28H38O6/c1-15-12-22(33-23(31)16(15)2)26(5)28(32)11-10-27(34-26)20-7-6-17-13-18(29)14-21(30)25(17,4)19(20)8-9-24(27,28)3/h6,18-20,22,29,32H,7-14H2,1-5H3. The number of Topliss-reactive ketones (excluding diaryl/α,β-unsaturated/α-hetero) is 1. The fraction of sp³-hybridized carbons (Fsp3) is 0.786. The fourth-order valence-electron chi connectivity index (χ4n) is 9.45. The second kappa shape index (κ2) is 6.63. The van der Waals surface area contributed by atoms with Crippen molar-refractivity contribution in [1.82, 2.24) is 0 Å². The van der Waals surface area contributed by atoms with E-state index >= 15 is 0 Å². The van der Waals surface area contributed by atoms with Crippen molar-refractivity contribution in [2.24, 2.45) is 22.7 Å². The van der Waals surface area contributed by atoms with Crippen LogP contribution in [0.25, 0.3) is 0 Å². The van der Waals surface area contributed by atoms with Gasteiger partial charge >= 0.3 is 5.97 Å². The summed E-state index contributed by atoms with van der Waals surface area (Å²) in [5, 5.41) is 22.7. The molecular weight excluding hydrogens is 432 g/mol. The summed E-state index contributed by atoms with van der Waals surface area (Å²) in [6, 6.07) is 0. The molecule has 2 N–H and O–H groups in total. The van der Waals surface area contributed by atoms with Crippen LogP contribution >= 0.6 is 0 Å². The summed E-state index contributed by atoms with van der Waals surface area (Å²) in [5.41, 5.74) is -1.03. The lowest BCUT2D eigenvalue weighted by atomic mass is 9.45. The van der Waals surface area contributed by atoms with Gasteiger partial charge in [-0.2, -0.15) is 0 Å². The lowest BCUT2D eigenvalue weighted by Crippen LogP contribution is -2.63. The number of fused-ring (bicyclic) bond motifs is 3. The second-order valence-corrected chi connectivity index (χ2v) is 12.7. The van der Waals surface area contributed by atoms with Gasteiger partial charge in [-0.25, -0.2) is 4.79 Å². The Morgan fingerprint density at radius 1 is 1.00 bits per heavy atom. The Morgan fingerprint density at radius 2 is 1.74 bits per heavy atom. The molecule has 0 radical (unpaired) electrons. The molecular formula is C28H38O6. The van der Waals surface area contributed by atoms with Crippen LogP contribution in [0.3, 0.4) is 0 Å². The summed E-state index contributed by atoms with van der Waals surface area (Å²) < 4.78 is 13.0. The third-order valence-corrected chi connectivity index (χ3v) is 11.7. The topological polar surface area (TPSA) is 93.1 Å². The highest BCUT2D eigenvalue weighted by Gasteiger charge is 2.84. The molecule has 4 aliphatic carbocycles. The Bertz CT molecular complexity index is 1060. The number of carbonyl (C=O) groups excluding carboxylic acids is 2. The van der Waals surface area contributed by atoms with Crippen LogP contribution < -0.4 is 0 Å². The number of cyclic esters (lactones) is 1. The van der Waals surface area contributed by atoms with Crippen molar-refractivity contribution in [3.8, 4) is 0 Å². The first-order valence-corrected chi connectivity index (χ1v) is 13.0. The third kappa shape index (κ3) is 2.30. The highest BCUT2D eigenvalue weighted by Crippen LogP contribution is 2.77. The van der Waals surface area contributed by atoms with Gasteiger partial charge in [0.2, 0.25) is 0 Å². The van der Waals surface area contributed by atoms with Crippen LogP contribution in [0.5, 0.6) is 0 Å². The van der Waals surface area contributed by atoms with E-state index in [1.807, 2.05) is 13.8 Å². The molecule has 186 valence electrons. The molecule has 2 bridgehead atoms. The smallest absolute Gasteiger partial charge is 0.334 e. The zero-order valence-electron chi connectivity index (χ0n) is 21.1. The molecule has 2 heterocycles. The van der Waals surface area contributed by atoms with Gasteiger partial charge in [-0.1, -0.05) is 24.1 Å². The molecule has 34 heavy (non-hydrogen) atoms. The molecule has 9 atom stereocenters. The fourth-order valence-corrected chi connectivity index (χ4v) is 9.45. The molecule has 0 aromatic carbocycles. The number of ether oxygens (including phenoxy) is 2. The van der Waals surface area contributed by atoms with E-state index in [0.29, 0.717) is 24.8 Å². The minimum Gasteiger partial charge on any atom is -0.455 e. The van der Waals surface area contributed by atoms with Gasteiger partial charge in [-0.15, -0.1) is 0 Å². The van der Waals surface area contributed by atoms with Gasteiger partial charge in [0.1, 0.15) is 23.1 Å². The van der Waals surface area contributed by atoms with Gasteiger partial charge in [0.15, 0.2) is 0 Å². The van der Waals surface area contributed by atoms with Crippen LogP contribution in [-0.2, 0) is 19.1 Å². The van der Waals surface area contributed by atoms with Crippen molar-refractivity contribution in [2.45, 2.75) is 115 Å². The highest BCUT2D eigenvalue weighted by molar-refractivity contribution is 5.90. The molecule has 6 rings (SSSR count). The normalized spacial score (nSPS) is 54.3. The molecule has 9 unspecified atom stereocenters. The molecule has 0 spiro atoms. The summed E-state index contributed by atoms with van der Waals surface area (Å²) in [5.74, 6) is 0.0481. The number of rotatable bonds is 1. The van der Waals surface area contributed by atoms with Crippen LogP contribution in [0.15, 0.2) is 22.8 Å². The van der Waals surface area contributed by atoms with Crippen LogP contribution in [0, 0.1) is 22.7 Å². The minimum absolute atomic E-state index is 0.104. The van der Waals surface area contributed by atoms with Crippen molar-refractivity contribution in [3.63, 3.8) is 0 Å². The van der Waals surface area contributed by atoms with E-state index in [1.165, 1.54) is 0 Å². The van der Waals surface area contributed by atoms with Crippen molar-refractivity contribution in [3.05, 3.63) is 22.8 Å². The van der Waals surface area contributed by atoms with E-state index in [0.717, 1.165) is 36.8 Å². The molecule has 6 heteroatoms. The SMILES string of the molecule is CC1=C(C)C(=O)OC(C2(C)OC34CCC2(O)C3(C)CCC2C4CC=C3CC(O)CC(=O)C32C)C1. The van der Waals surface area contributed by atoms with E-state index in [1.54, 1.807) is 6.92 Å². The number of esters is 1. The zero-order chi connectivity index (χ0) is 24.5. The maximum atomic E-state index is 13.4. The van der Waals surface area contributed by atoms with E-state index in [2.05, 4.69) is 19.9 Å². The molecule has 2 aliphatic heterocycles. The van der Waals surface area contributed by atoms with Crippen LogP contribution in [0.4, 0.5) is 0 Å². The molecule has 6 nitrogen and oxygen atoms in total. The molecule has 0 amide bonds. The Kier molecular flexibility index (Phi) is 4.47. The first kappa shape index (κ1) is 22.9. The maximum Gasteiger partial charge on any atom is 0.334 e. The van der Waals surface area contributed by atoms with E-state index < -0.39 is 39.8 Å². The first-order valence-electron chi connectivity index (χ1n) is 13.0. The Balaban J connectivity index is 1.44. The number of hydrogen-bond donors (Lipinski definition) is 2. The summed E-state index contributed by atoms with van der Waals surface area (Å²) in [7, 11) is 0. The average Bonchev–Trinajstić information content (AvgIpc) is 3.10. The lowest BCUT2D eigenvalue weighted by Gasteiger charge is -2.59. The average molecular weight is 471 g/mol. The Hall–Kier alpha value is -1.50. The second-order valence-electron chi connectivity index (χ2n) is 12.7. The number of hydrogen-bond acceptors (Lipinski definition) is 6. The van der Waals surface area contributed by atoms with E-state index in [4.69, 9.17) is 9.47 Å². The Morgan fingerprint density at radius 3 is 2.44 bits per heavy atom. The highest BCUT2D eigenvalue weighted by atomic mass is 16.6. The predicted molar refractivity (Wildman–Crippen MR) is 125 cm³/mol. The monoisotopic (exact) mass is 470 g/mol. The molecule has 6 aliphatic rings. The van der Waals surface area contributed by atoms with Crippen LogP contribution in [-0.4, -0.2) is 51.0 Å². The first-order chi connectivity index (χ1) is 15.8. The minimum atomic E-state index is -1.11. The summed E-state index contributed by atoms with van der Waals surface area (Å²) >= 11 is 0. The van der Waals surface area contributed by atoms with Crippen molar-refractivity contribution in [2.75, 3.05) is 0 Å². The van der Waals surface area contributed by atoms with Crippen molar-refractivity contribution >= 4 is 11.8 Å². The largest absolute Gasteiger partial charge is 0.455 e. The predicted octanol–water partition coefficient (Wildman–Crippen LogP) is 3.78. The number of ketones is 1. The molecule has 0 aromatic heterocycles. The Labute approximate surface area is 201 Å². The molecule has 0 aromatic rings. The molecule has 1 saturated heterocycles. The maximum absolute atomic E-state index is 13.4. The van der Waals surface area contributed by atoms with E-state index in [-0.39, 0.29) is 30.0 Å². The quantitative estimate of drug-likeness (QED) is 0.448. The third-order valence-electron chi connectivity index (χ3n) is 11.7. The van der Waals surface area contributed by atoms with Gasteiger partial charge in [0.05, 0.1) is 17.1 Å². The number of carbonyl (C=O) groups is 2. The lowest BCUT2D eigenvalue weighted by molar-refractivity contribution is -0.248. The van der Waals surface area contributed by atoms with Crippen molar-refractivity contribution in [1.29, 1.82) is 0 Å². The number of allylic oxidation sites excluding steroid dienone is 1. The van der Waals surface area contributed by atoms with Gasteiger partial charge in [-0.3, -0.25) is 4.79 Å².